The second-order valence-corrected chi connectivity index (χ2v) is 8.66. The third kappa shape index (κ3) is 5.49. The monoisotopic (exact) mass is 423 g/mol. The maximum atomic E-state index is 12.9. The average molecular weight is 424 g/mol. The minimum Gasteiger partial charge on any atom is -0.326 e. The highest BCUT2D eigenvalue weighted by atomic mass is 16.2. The maximum Gasteiger partial charge on any atom is 0.344 e. The number of carbonyl (C=O) groups excluding carboxylic acids is 3. The van der Waals surface area contributed by atoms with Crippen LogP contribution in [-0.4, -0.2) is 42.0 Å². The lowest BCUT2D eigenvalue weighted by Crippen LogP contribution is -3.09. The highest BCUT2D eigenvalue weighted by Crippen LogP contribution is 2.22. The lowest BCUT2D eigenvalue weighted by Gasteiger charge is -2.22. The maximum absolute atomic E-state index is 12.9. The summed E-state index contributed by atoms with van der Waals surface area (Å²) in [5.74, 6) is -0.813. The normalized spacial score (nSPS) is 19.3. The van der Waals surface area contributed by atoms with Crippen LogP contribution in [0.1, 0.15) is 35.6 Å². The van der Waals surface area contributed by atoms with Crippen molar-refractivity contribution in [1.82, 2.24) is 15.8 Å². The van der Waals surface area contributed by atoms with Gasteiger partial charge in [0.25, 0.3) is 11.8 Å². The van der Waals surface area contributed by atoms with Crippen LogP contribution in [0.2, 0.25) is 0 Å². The zero-order valence-electron chi connectivity index (χ0n) is 18.6. The van der Waals surface area contributed by atoms with Gasteiger partial charge < -0.3 is 10.2 Å². The first kappa shape index (κ1) is 22.5. The van der Waals surface area contributed by atoms with Gasteiger partial charge in [-0.2, -0.15) is 5.01 Å². The van der Waals surface area contributed by atoms with Crippen molar-refractivity contribution in [3.8, 4) is 0 Å². The Labute approximate surface area is 183 Å². The summed E-state index contributed by atoms with van der Waals surface area (Å²) >= 11 is 0. The van der Waals surface area contributed by atoms with E-state index in [1.165, 1.54) is 16.7 Å². The molecule has 0 aromatic heterocycles. The molecule has 1 saturated heterocycles. The molecule has 1 aliphatic rings. The Hall–Kier alpha value is -3.19. The first-order valence-corrected chi connectivity index (χ1v) is 10.6. The fourth-order valence-corrected chi connectivity index (χ4v) is 3.86. The number of aryl methyl sites for hydroxylation is 3. The molecule has 3 N–H and O–H groups in total. The zero-order valence-corrected chi connectivity index (χ0v) is 18.6. The molecule has 2 atom stereocenters. The quantitative estimate of drug-likeness (QED) is 0.560. The van der Waals surface area contributed by atoms with E-state index in [2.05, 4.69) is 35.9 Å². The van der Waals surface area contributed by atoms with Gasteiger partial charge in [0.2, 0.25) is 0 Å². The first-order valence-electron chi connectivity index (χ1n) is 10.6. The van der Waals surface area contributed by atoms with Crippen LogP contribution in [0.15, 0.2) is 48.5 Å². The molecule has 0 bridgehead atoms. The summed E-state index contributed by atoms with van der Waals surface area (Å²) in [6.45, 7) is 6.62. The Balaban J connectivity index is 1.55. The summed E-state index contributed by atoms with van der Waals surface area (Å²) in [5, 5.41) is 3.54. The number of rotatable bonds is 8. The predicted octanol–water partition coefficient (Wildman–Crippen LogP) is 1.29. The third-order valence-electron chi connectivity index (χ3n) is 5.71. The number of imide groups is 1. The number of benzene rings is 2. The van der Waals surface area contributed by atoms with E-state index in [-0.39, 0.29) is 12.5 Å². The van der Waals surface area contributed by atoms with E-state index in [0.29, 0.717) is 19.4 Å². The smallest absolute Gasteiger partial charge is 0.326 e. The first-order chi connectivity index (χ1) is 14.7. The van der Waals surface area contributed by atoms with Gasteiger partial charge >= 0.3 is 6.03 Å². The van der Waals surface area contributed by atoms with Crippen molar-refractivity contribution in [2.45, 2.75) is 45.7 Å². The summed E-state index contributed by atoms with van der Waals surface area (Å²) in [7, 11) is 1.91. The number of hydrogen-bond donors (Lipinski definition) is 3. The summed E-state index contributed by atoms with van der Waals surface area (Å²) < 4.78 is 0. The molecular formula is C24H31N4O3+. The van der Waals surface area contributed by atoms with Crippen LogP contribution in [0.5, 0.6) is 0 Å². The molecule has 4 amide bonds. The lowest BCUT2D eigenvalue weighted by molar-refractivity contribution is -0.885. The van der Waals surface area contributed by atoms with Crippen molar-refractivity contribution in [3.63, 3.8) is 0 Å². The molecule has 2 aromatic carbocycles. The molecule has 1 fully saturated rings. The fourth-order valence-electron chi connectivity index (χ4n) is 3.86. The second kappa shape index (κ2) is 9.31. The minimum atomic E-state index is -1.04. The van der Waals surface area contributed by atoms with E-state index in [9.17, 15) is 14.4 Å². The van der Waals surface area contributed by atoms with Gasteiger partial charge in [-0.05, 0) is 44.7 Å². The number of urea groups is 1. The number of amides is 4. The molecule has 0 spiro atoms. The Morgan fingerprint density at radius 1 is 1.13 bits per heavy atom. The third-order valence-corrected chi connectivity index (χ3v) is 5.71. The molecular weight excluding hydrogens is 392 g/mol. The number of hydrazine groups is 1. The average Bonchev–Trinajstić information content (AvgIpc) is 2.93. The van der Waals surface area contributed by atoms with Crippen LogP contribution in [0.25, 0.3) is 0 Å². The van der Waals surface area contributed by atoms with E-state index in [1.54, 1.807) is 6.92 Å². The summed E-state index contributed by atoms with van der Waals surface area (Å²) in [5.41, 5.74) is 6.08. The SMILES string of the molecule is Cc1ccc(C[NH+](C)CC(=O)NN2C(=O)N[C@](C)(CCc3ccccc3)C2=O)c(C)c1. The van der Waals surface area contributed by atoms with Crippen molar-refractivity contribution in [2.24, 2.45) is 0 Å². The Morgan fingerprint density at radius 2 is 1.84 bits per heavy atom. The standard InChI is InChI=1S/C24H30N4O3/c1-17-10-11-20(18(2)14-17)15-27(4)16-21(29)26-28-22(30)24(3,25-23(28)31)13-12-19-8-6-5-7-9-19/h5-11,14H,12-13,15-16H2,1-4H3,(H,25,31)(H,26,29)/p+1/t24-/m1/s1. The van der Waals surface area contributed by atoms with Crippen molar-refractivity contribution >= 4 is 17.8 Å². The topological polar surface area (TPSA) is 82.9 Å². The van der Waals surface area contributed by atoms with E-state index in [0.717, 1.165) is 15.5 Å². The van der Waals surface area contributed by atoms with E-state index >= 15 is 0 Å². The summed E-state index contributed by atoms with van der Waals surface area (Å²) in [4.78, 5) is 38.7. The van der Waals surface area contributed by atoms with Crippen molar-refractivity contribution in [1.29, 1.82) is 0 Å². The molecule has 31 heavy (non-hydrogen) atoms. The van der Waals surface area contributed by atoms with Crippen LogP contribution in [0, 0.1) is 13.8 Å². The van der Waals surface area contributed by atoms with Gasteiger partial charge in [0, 0.05) is 5.56 Å². The summed E-state index contributed by atoms with van der Waals surface area (Å²) in [6, 6.07) is 15.4. The predicted molar refractivity (Wildman–Crippen MR) is 118 cm³/mol. The molecule has 3 rings (SSSR count). The number of likely N-dealkylation sites (N-methyl/N-ethyl adjacent to an activating group) is 1. The van der Waals surface area contributed by atoms with Gasteiger partial charge in [0.15, 0.2) is 6.54 Å². The van der Waals surface area contributed by atoms with Gasteiger partial charge in [-0.3, -0.25) is 15.0 Å². The van der Waals surface area contributed by atoms with E-state index in [1.807, 2.05) is 44.3 Å². The number of quaternary nitrogens is 1. The van der Waals surface area contributed by atoms with Crippen LogP contribution >= 0.6 is 0 Å². The molecule has 0 saturated carbocycles. The van der Waals surface area contributed by atoms with Crippen LogP contribution < -0.4 is 15.6 Å². The number of hydrogen-bond acceptors (Lipinski definition) is 3. The Morgan fingerprint density at radius 3 is 2.52 bits per heavy atom. The minimum absolute atomic E-state index is 0.144. The molecule has 1 heterocycles. The van der Waals surface area contributed by atoms with Gasteiger partial charge in [0.1, 0.15) is 12.1 Å². The summed E-state index contributed by atoms with van der Waals surface area (Å²) in [6.07, 6.45) is 1.10. The lowest BCUT2D eigenvalue weighted by atomic mass is 9.93. The van der Waals surface area contributed by atoms with Gasteiger partial charge in [-0.15, -0.1) is 0 Å². The largest absolute Gasteiger partial charge is 0.344 e. The molecule has 164 valence electrons. The number of carbonyl (C=O) groups is 3. The Bertz CT molecular complexity index is 976. The van der Waals surface area contributed by atoms with Crippen molar-refractivity contribution in [3.05, 3.63) is 70.8 Å². The molecule has 7 heteroatoms. The number of nitrogens with one attached hydrogen (secondary N) is 3. The molecule has 1 aliphatic heterocycles. The van der Waals surface area contributed by atoms with Gasteiger partial charge in [0.05, 0.1) is 7.05 Å². The van der Waals surface area contributed by atoms with Crippen LogP contribution in [0.4, 0.5) is 4.79 Å². The molecule has 2 aromatic rings. The second-order valence-electron chi connectivity index (χ2n) is 8.66. The number of nitrogens with zero attached hydrogens (tertiary/aromatic N) is 1. The highest BCUT2D eigenvalue weighted by Gasteiger charge is 2.48. The zero-order chi connectivity index (χ0) is 22.6. The van der Waals surface area contributed by atoms with E-state index in [4.69, 9.17) is 0 Å². The van der Waals surface area contributed by atoms with Crippen molar-refractivity contribution < 1.29 is 19.3 Å². The molecule has 0 radical (unpaired) electrons. The fraction of sp³-hybridized carbons (Fsp3) is 0.375. The molecule has 0 aliphatic carbocycles. The van der Waals surface area contributed by atoms with Gasteiger partial charge in [-0.25, -0.2) is 4.79 Å². The van der Waals surface area contributed by atoms with Crippen molar-refractivity contribution in [2.75, 3.05) is 13.6 Å². The van der Waals surface area contributed by atoms with Crippen LogP contribution in [0.3, 0.4) is 0 Å². The Kier molecular flexibility index (Phi) is 6.75. The molecule has 1 unspecified atom stereocenters. The van der Waals surface area contributed by atoms with Gasteiger partial charge in [-0.1, -0.05) is 54.1 Å². The van der Waals surface area contributed by atoms with E-state index < -0.39 is 17.5 Å². The van der Waals surface area contributed by atoms with Crippen LogP contribution in [-0.2, 0) is 22.6 Å². The molecule has 7 nitrogen and oxygen atoms in total. The highest BCUT2D eigenvalue weighted by molar-refractivity contribution is 6.07.